The Morgan fingerprint density at radius 2 is 2.19 bits per heavy atom. The summed E-state index contributed by atoms with van der Waals surface area (Å²) in [6.07, 6.45) is -2.16. The third-order valence-corrected chi connectivity index (χ3v) is 1.88. The first-order valence-electron chi connectivity index (χ1n) is 5.00. The average Bonchev–Trinajstić information content (AvgIpc) is 2.62. The maximum absolute atomic E-state index is 12.7. The van der Waals surface area contributed by atoms with Gasteiger partial charge in [-0.2, -0.15) is 0 Å². The summed E-state index contributed by atoms with van der Waals surface area (Å²) in [6, 6.07) is 0. The molecule has 0 spiro atoms. The van der Waals surface area contributed by atoms with E-state index in [0.29, 0.717) is 13.0 Å². The second-order valence-electron chi connectivity index (χ2n) is 3.07. The molecule has 0 aromatic carbocycles. The number of nitrogens with zero attached hydrogens (tertiary/aromatic N) is 3. The van der Waals surface area contributed by atoms with Gasteiger partial charge in [-0.25, -0.2) is 18.3 Å². The summed E-state index contributed by atoms with van der Waals surface area (Å²) < 4.78 is 31.1. The van der Waals surface area contributed by atoms with Crippen molar-refractivity contribution < 1.29 is 18.3 Å². The van der Waals surface area contributed by atoms with Gasteiger partial charge in [0, 0.05) is 6.54 Å². The highest BCUT2D eigenvalue weighted by Gasteiger charge is 2.26. The van der Waals surface area contributed by atoms with E-state index < -0.39 is 23.8 Å². The molecule has 1 rings (SSSR count). The molecular weight excluding hydrogens is 220 g/mol. The van der Waals surface area contributed by atoms with Crippen molar-refractivity contribution in [3.63, 3.8) is 0 Å². The van der Waals surface area contributed by atoms with Crippen LogP contribution in [0, 0.1) is 0 Å². The lowest BCUT2D eigenvalue weighted by atomic mass is 10.3. The normalized spacial score (nSPS) is 10.8. The number of hydrogen-bond acceptors (Lipinski definition) is 4. The first-order chi connectivity index (χ1) is 7.61. The van der Waals surface area contributed by atoms with Crippen molar-refractivity contribution in [2.24, 2.45) is 0 Å². The zero-order valence-electron chi connectivity index (χ0n) is 9.11. The number of halogens is 2. The van der Waals surface area contributed by atoms with Crippen molar-refractivity contribution in [3.8, 4) is 0 Å². The van der Waals surface area contributed by atoms with Gasteiger partial charge in [-0.3, -0.25) is 0 Å². The number of carbonyl (C=O) groups is 1. The minimum atomic E-state index is -2.79. The zero-order chi connectivity index (χ0) is 12.1. The molecule has 0 bridgehead atoms. The Morgan fingerprint density at radius 3 is 2.69 bits per heavy atom. The summed E-state index contributed by atoms with van der Waals surface area (Å²) in [4.78, 5) is 11.3. The molecule has 5 nitrogen and oxygen atoms in total. The van der Waals surface area contributed by atoms with Gasteiger partial charge in [-0.1, -0.05) is 12.1 Å². The lowest BCUT2D eigenvalue weighted by Gasteiger charge is -2.05. The van der Waals surface area contributed by atoms with Crippen LogP contribution in [0.2, 0.25) is 0 Å². The van der Waals surface area contributed by atoms with Crippen LogP contribution in [0.1, 0.15) is 42.9 Å². The van der Waals surface area contributed by atoms with Crippen molar-refractivity contribution in [1.82, 2.24) is 15.0 Å². The van der Waals surface area contributed by atoms with E-state index in [4.69, 9.17) is 0 Å². The smallest absolute Gasteiger partial charge is 0.361 e. The molecule has 1 aromatic rings. The van der Waals surface area contributed by atoms with Gasteiger partial charge >= 0.3 is 5.97 Å². The van der Waals surface area contributed by atoms with Crippen molar-refractivity contribution in [2.45, 2.75) is 33.2 Å². The third kappa shape index (κ3) is 2.53. The fourth-order valence-electron chi connectivity index (χ4n) is 1.26. The Morgan fingerprint density at radius 1 is 1.50 bits per heavy atom. The number of aromatic nitrogens is 3. The summed E-state index contributed by atoms with van der Waals surface area (Å²) in [7, 11) is 0. The number of aryl methyl sites for hydroxylation is 1. The van der Waals surface area contributed by atoms with Crippen molar-refractivity contribution >= 4 is 5.97 Å². The molecule has 0 aliphatic rings. The maximum atomic E-state index is 12.7. The Labute approximate surface area is 91.4 Å². The van der Waals surface area contributed by atoms with Gasteiger partial charge in [-0.15, -0.1) is 5.10 Å². The van der Waals surface area contributed by atoms with E-state index in [9.17, 15) is 13.6 Å². The van der Waals surface area contributed by atoms with Crippen LogP contribution in [-0.2, 0) is 11.3 Å². The topological polar surface area (TPSA) is 57.0 Å². The Bertz CT molecular complexity index is 366. The molecule has 1 heterocycles. The number of alkyl halides is 2. The Balaban J connectivity index is 3.04. The molecule has 0 aliphatic heterocycles. The number of carbonyl (C=O) groups excluding carboxylic acids is 1. The molecule has 0 atom stereocenters. The highest BCUT2D eigenvalue weighted by molar-refractivity contribution is 5.88. The molecule has 16 heavy (non-hydrogen) atoms. The van der Waals surface area contributed by atoms with Crippen LogP contribution in [0.15, 0.2) is 0 Å². The number of rotatable bonds is 5. The Kier molecular flexibility index (Phi) is 4.33. The first kappa shape index (κ1) is 12.5. The summed E-state index contributed by atoms with van der Waals surface area (Å²) >= 11 is 0. The van der Waals surface area contributed by atoms with E-state index in [1.165, 1.54) is 0 Å². The molecule has 7 heteroatoms. The zero-order valence-corrected chi connectivity index (χ0v) is 9.11. The van der Waals surface area contributed by atoms with Crippen LogP contribution in [0.5, 0.6) is 0 Å². The van der Waals surface area contributed by atoms with Crippen LogP contribution >= 0.6 is 0 Å². The first-order valence-corrected chi connectivity index (χ1v) is 5.00. The summed E-state index contributed by atoms with van der Waals surface area (Å²) in [5.41, 5.74) is -0.870. The highest BCUT2D eigenvalue weighted by atomic mass is 19.3. The van der Waals surface area contributed by atoms with Crippen LogP contribution < -0.4 is 0 Å². The monoisotopic (exact) mass is 233 g/mol. The molecule has 0 radical (unpaired) electrons. The third-order valence-electron chi connectivity index (χ3n) is 1.88. The predicted molar refractivity (Wildman–Crippen MR) is 51.2 cm³/mol. The molecule has 90 valence electrons. The van der Waals surface area contributed by atoms with E-state index >= 15 is 0 Å². The van der Waals surface area contributed by atoms with E-state index in [1.54, 1.807) is 6.92 Å². The van der Waals surface area contributed by atoms with E-state index in [0.717, 1.165) is 4.68 Å². The molecule has 0 saturated carbocycles. The van der Waals surface area contributed by atoms with Gasteiger partial charge in [0.2, 0.25) is 0 Å². The standard InChI is InChI=1S/C9H13F2N3O2/c1-3-5-14-7(8(10)11)6(12-13-14)9(15)16-4-2/h8H,3-5H2,1-2H3. The fraction of sp³-hybridized carbons (Fsp3) is 0.667. The molecule has 0 unspecified atom stereocenters. The van der Waals surface area contributed by atoms with Crippen LogP contribution in [0.4, 0.5) is 8.78 Å². The van der Waals surface area contributed by atoms with E-state index in [2.05, 4.69) is 15.0 Å². The van der Waals surface area contributed by atoms with Gasteiger partial charge in [0.15, 0.2) is 5.69 Å². The molecule has 0 amide bonds. The second-order valence-corrected chi connectivity index (χ2v) is 3.07. The SMILES string of the molecule is CCCn1nnc(C(=O)OCC)c1C(F)F. The van der Waals surface area contributed by atoms with Gasteiger partial charge < -0.3 is 4.74 Å². The molecule has 0 saturated heterocycles. The highest BCUT2D eigenvalue weighted by Crippen LogP contribution is 2.22. The van der Waals surface area contributed by atoms with Gasteiger partial charge in [-0.05, 0) is 13.3 Å². The molecule has 0 aliphatic carbocycles. The largest absolute Gasteiger partial charge is 0.461 e. The average molecular weight is 233 g/mol. The molecule has 1 aromatic heterocycles. The van der Waals surface area contributed by atoms with Crippen LogP contribution in [0.25, 0.3) is 0 Å². The predicted octanol–water partition coefficient (Wildman–Crippen LogP) is 1.80. The quantitative estimate of drug-likeness (QED) is 0.728. The van der Waals surface area contributed by atoms with Crippen molar-refractivity contribution in [2.75, 3.05) is 6.61 Å². The molecule has 0 N–H and O–H groups in total. The number of hydrogen-bond donors (Lipinski definition) is 0. The number of esters is 1. The fourth-order valence-corrected chi connectivity index (χ4v) is 1.26. The number of ether oxygens (including phenoxy) is 1. The van der Waals surface area contributed by atoms with E-state index in [-0.39, 0.29) is 6.61 Å². The minimum absolute atomic E-state index is 0.113. The van der Waals surface area contributed by atoms with Crippen LogP contribution in [-0.4, -0.2) is 27.6 Å². The van der Waals surface area contributed by atoms with Crippen molar-refractivity contribution in [3.05, 3.63) is 11.4 Å². The summed E-state index contributed by atoms with van der Waals surface area (Å²) in [5, 5.41) is 6.95. The summed E-state index contributed by atoms with van der Waals surface area (Å²) in [6.45, 7) is 3.83. The maximum Gasteiger partial charge on any atom is 0.361 e. The van der Waals surface area contributed by atoms with Crippen molar-refractivity contribution in [1.29, 1.82) is 0 Å². The van der Waals surface area contributed by atoms with Gasteiger partial charge in [0.05, 0.1) is 6.61 Å². The van der Waals surface area contributed by atoms with Crippen LogP contribution in [0.3, 0.4) is 0 Å². The molecule has 0 fully saturated rings. The second kappa shape index (κ2) is 5.53. The summed E-state index contributed by atoms with van der Waals surface area (Å²) in [5.74, 6) is -0.861. The molecular formula is C9H13F2N3O2. The minimum Gasteiger partial charge on any atom is -0.461 e. The van der Waals surface area contributed by atoms with Gasteiger partial charge in [0.1, 0.15) is 5.69 Å². The lowest BCUT2D eigenvalue weighted by Crippen LogP contribution is -2.11. The van der Waals surface area contributed by atoms with Gasteiger partial charge in [0.25, 0.3) is 6.43 Å². The lowest BCUT2D eigenvalue weighted by molar-refractivity contribution is 0.0506. The van der Waals surface area contributed by atoms with E-state index in [1.807, 2.05) is 6.92 Å². The Hall–Kier alpha value is -1.53.